The van der Waals surface area contributed by atoms with Crippen LogP contribution in [0.5, 0.6) is 0 Å². The second-order valence-electron chi connectivity index (χ2n) is 8.39. The quantitative estimate of drug-likeness (QED) is 0.483. The van der Waals surface area contributed by atoms with Gasteiger partial charge < -0.3 is 5.32 Å². The molecule has 1 atom stereocenters. The largest absolute Gasteiger partial charge is 0.344 e. The van der Waals surface area contributed by atoms with Gasteiger partial charge in [0.05, 0.1) is 10.9 Å². The highest BCUT2D eigenvalue weighted by Crippen LogP contribution is 2.26. The van der Waals surface area contributed by atoms with Gasteiger partial charge in [-0.1, -0.05) is 61.4 Å². The highest BCUT2D eigenvalue weighted by Gasteiger charge is 2.25. The van der Waals surface area contributed by atoms with Gasteiger partial charge in [0.25, 0.3) is 0 Å². The molecule has 1 saturated heterocycles. The predicted octanol–water partition coefficient (Wildman–Crippen LogP) is 5.15. The fraction of sp³-hybridized carbons (Fsp3) is 0.346. The number of benzene rings is 2. The van der Waals surface area contributed by atoms with Gasteiger partial charge >= 0.3 is 0 Å². The standard InChI is InChI=1S/C26H30N2O3S2/c29-25(27-26(24-11-8-20-32-24)22-9-4-3-5-10-22)17-14-21-12-15-23(16-13-21)33(30,31)28-18-6-1-2-7-19-28/h3-5,8-13,15-16,20,26H,1-2,6-7,14,17-19H2,(H,27,29). The Morgan fingerprint density at radius 1 is 0.909 bits per heavy atom. The fourth-order valence-electron chi connectivity index (χ4n) is 4.17. The summed E-state index contributed by atoms with van der Waals surface area (Å²) in [6.07, 6.45) is 4.91. The molecule has 1 fully saturated rings. The molecule has 7 heteroatoms. The molecule has 1 aliphatic heterocycles. The molecule has 2 aromatic carbocycles. The molecule has 0 bridgehead atoms. The Morgan fingerprint density at radius 3 is 2.24 bits per heavy atom. The van der Waals surface area contributed by atoms with Crippen molar-refractivity contribution in [3.8, 4) is 0 Å². The molecule has 0 saturated carbocycles. The van der Waals surface area contributed by atoms with E-state index in [1.54, 1.807) is 27.8 Å². The van der Waals surface area contributed by atoms with Crippen molar-refractivity contribution in [3.05, 3.63) is 88.1 Å². The first-order valence-electron chi connectivity index (χ1n) is 11.5. The third-order valence-electron chi connectivity index (χ3n) is 6.03. The minimum Gasteiger partial charge on any atom is -0.344 e. The van der Waals surface area contributed by atoms with Gasteiger partial charge in [-0.25, -0.2) is 8.42 Å². The number of sulfonamides is 1. The van der Waals surface area contributed by atoms with Crippen LogP contribution >= 0.6 is 11.3 Å². The Labute approximate surface area is 200 Å². The molecule has 0 spiro atoms. The highest BCUT2D eigenvalue weighted by atomic mass is 32.2. The van der Waals surface area contributed by atoms with E-state index in [-0.39, 0.29) is 11.9 Å². The second-order valence-corrected chi connectivity index (χ2v) is 11.3. The number of amides is 1. The monoisotopic (exact) mass is 482 g/mol. The highest BCUT2D eigenvalue weighted by molar-refractivity contribution is 7.89. The zero-order valence-electron chi connectivity index (χ0n) is 18.7. The van der Waals surface area contributed by atoms with Crippen molar-refractivity contribution < 1.29 is 13.2 Å². The van der Waals surface area contributed by atoms with Crippen molar-refractivity contribution >= 4 is 27.3 Å². The third-order valence-corrected chi connectivity index (χ3v) is 8.88. The smallest absolute Gasteiger partial charge is 0.243 e. The van der Waals surface area contributed by atoms with Crippen LogP contribution in [0.4, 0.5) is 0 Å². The van der Waals surface area contributed by atoms with Crippen molar-refractivity contribution in [3.63, 3.8) is 0 Å². The van der Waals surface area contributed by atoms with E-state index in [0.717, 1.165) is 41.7 Å². The molecule has 4 rings (SSSR count). The van der Waals surface area contributed by atoms with Crippen molar-refractivity contribution in [1.29, 1.82) is 0 Å². The molecule has 174 valence electrons. The maximum atomic E-state index is 12.9. The molecular weight excluding hydrogens is 452 g/mol. The average molecular weight is 483 g/mol. The summed E-state index contributed by atoms with van der Waals surface area (Å²) in [6, 6.07) is 20.8. The summed E-state index contributed by atoms with van der Waals surface area (Å²) in [7, 11) is -3.45. The molecular formula is C26H30N2O3S2. The van der Waals surface area contributed by atoms with E-state index >= 15 is 0 Å². The fourth-order valence-corrected chi connectivity index (χ4v) is 6.49. The van der Waals surface area contributed by atoms with Crippen LogP contribution in [0, 0.1) is 0 Å². The van der Waals surface area contributed by atoms with Crippen molar-refractivity contribution in [2.75, 3.05) is 13.1 Å². The normalized spacial score (nSPS) is 16.1. The minimum absolute atomic E-state index is 0.0292. The van der Waals surface area contributed by atoms with Gasteiger partial charge in [0.15, 0.2) is 0 Å². The lowest BCUT2D eigenvalue weighted by atomic mass is 10.0. The van der Waals surface area contributed by atoms with Crippen molar-refractivity contribution in [1.82, 2.24) is 9.62 Å². The van der Waals surface area contributed by atoms with Crippen LogP contribution in [0.25, 0.3) is 0 Å². The van der Waals surface area contributed by atoms with Crippen LogP contribution in [0.3, 0.4) is 0 Å². The van der Waals surface area contributed by atoms with E-state index in [4.69, 9.17) is 0 Å². The zero-order chi connectivity index (χ0) is 23.1. The lowest BCUT2D eigenvalue weighted by Crippen LogP contribution is -2.31. The number of nitrogens with one attached hydrogen (secondary N) is 1. The molecule has 2 heterocycles. The Kier molecular flexibility index (Phi) is 7.96. The summed E-state index contributed by atoms with van der Waals surface area (Å²) < 4.78 is 27.5. The minimum atomic E-state index is -3.45. The molecule has 1 unspecified atom stereocenters. The van der Waals surface area contributed by atoms with Gasteiger partial charge in [-0.3, -0.25) is 4.79 Å². The van der Waals surface area contributed by atoms with Gasteiger partial charge in [-0.15, -0.1) is 11.3 Å². The Bertz CT molecular complexity index is 1120. The summed E-state index contributed by atoms with van der Waals surface area (Å²) in [6.45, 7) is 1.19. The number of hydrogen-bond acceptors (Lipinski definition) is 4. The molecule has 33 heavy (non-hydrogen) atoms. The first-order valence-corrected chi connectivity index (χ1v) is 13.8. The summed E-state index contributed by atoms with van der Waals surface area (Å²) in [4.78, 5) is 14.2. The molecule has 0 radical (unpaired) electrons. The maximum Gasteiger partial charge on any atom is 0.243 e. The van der Waals surface area contributed by atoms with E-state index in [1.165, 1.54) is 0 Å². The van der Waals surface area contributed by atoms with Crippen LogP contribution in [0.2, 0.25) is 0 Å². The molecule has 0 aliphatic carbocycles. The number of thiophene rings is 1. The van der Waals surface area contributed by atoms with Crippen molar-refractivity contribution in [2.45, 2.75) is 49.5 Å². The second kappa shape index (κ2) is 11.1. The number of hydrogen-bond donors (Lipinski definition) is 1. The van der Waals surface area contributed by atoms with E-state index in [9.17, 15) is 13.2 Å². The number of carbonyl (C=O) groups excluding carboxylic acids is 1. The third kappa shape index (κ3) is 6.10. The summed E-state index contributed by atoms with van der Waals surface area (Å²) >= 11 is 1.62. The van der Waals surface area contributed by atoms with E-state index in [1.807, 2.05) is 60.0 Å². The van der Waals surface area contributed by atoms with Crippen LogP contribution in [-0.4, -0.2) is 31.7 Å². The Morgan fingerprint density at radius 2 is 1.61 bits per heavy atom. The van der Waals surface area contributed by atoms with Crippen molar-refractivity contribution in [2.24, 2.45) is 0 Å². The topological polar surface area (TPSA) is 66.5 Å². The van der Waals surface area contributed by atoms with Gasteiger partial charge in [0.1, 0.15) is 0 Å². The van der Waals surface area contributed by atoms with Crippen LogP contribution < -0.4 is 5.32 Å². The zero-order valence-corrected chi connectivity index (χ0v) is 20.3. The van der Waals surface area contributed by atoms with Gasteiger partial charge in [0.2, 0.25) is 15.9 Å². The van der Waals surface area contributed by atoms with Crippen LogP contribution in [-0.2, 0) is 21.2 Å². The molecule has 1 amide bonds. The molecule has 1 N–H and O–H groups in total. The first-order chi connectivity index (χ1) is 16.0. The summed E-state index contributed by atoms with van der Waals surface area (Å²) in [5, 5.41) is 5.17. The van der Waals surface area contributed by atoms with Crippen LogP contribution in [0.15, 0.2) is 77.0 Å². The van der Waals surface area contributed by atoms with Gasteiger partial charge in [-0.05, 0) is 54.0 Å². The van der Waals surface area contributed by atoms with Gasteiger partial charge in [0, 0.05) is 24.4 Å². The molecule has 3 aromatic rings. The summed E-state index contributed by atoms with van der Waals surface area (Å²) in [5.74, 6) is -0.0292. The SMILES string of the molecule is O=C(CCc1ccc(S(=O)(=O)N2CCCCCC2)cc1)NC(c1ccccc1)c1cccs1. The van der Waals surface area contributed by atoms with E-state index < -0.39 is 10.0 Å². The molecule has 5 nitrogen and oxygen atoms in total. The van der Waals surface area contributed by atoms with Crippen LogP contribution in [0.1, 0.15) is 54.1 Å². The summed E-state index contributed by atoms with van der Waals surface area (Å²) in [5.41, 5.74) is 2.00. The lowest BCUT2D eigenvalue weighted by molar-refractivity contribution is -0.121. The lowest BCUT2D eigenvalue weighted by Gasteiger charge is -2.20. The number of rotatable bonds is 8. The Hall–Kier alpha value is -2.48. The molecule has 1 aliphatic rings. The number of carbonyl (C=O) groups is 1. The average Bonchev–Trinajstić information content (AvgIpc) is 3.23. The molecule has 1 aromatic heterocycles. The number of nitrogens with zero attached hydrogens (tertiary/aromatic N) is 1. The number of aryl methyl sites for hydroxylation is 1. The van der Waals surface area contributed by atoms with Gasteiger partial charge in [-0.2, -0.15) is 4.31 Å². The van der Waals surface area contributed by atoms with E-state index in [2.05, 4.69) is 5.32 Å². The Balaban J connectivity index is 1.37. The predicted molar refractivity (Wildman–Crippen MR) is 133 cm³/mol. The maximum absolute atomic E-state index is 12.9. The van der Waals surface area contributed by atoms with E-state index in [0.29, 0.717) is 30.8 Å². The first kappa shape index (κ1) is 23.7.